The third kappa shape index (κ3) is 3.13. The molecule has 2 atom stereocenters. The molecule has 0 radical (unpaired) electrons. The van der Waals surface area contributed by atoms with Gasteiger partial charge in [-0.2, -0.15) is 0 Å². The van der Waals surface area contributed by atoms with Crippen LogP contribution in [0, 0.1) is 5.92 Å². The zero-order chi connectivity index (χ0) is 14.8. The van der Waals surface area contributed by atoms with Crippen LogP contribution >= 0.6 is 0 Å². The van der Waals surface area contributed by atoms with Gasteiger partial charge in [-0.05, 0) is 55.9 Å². The van der Waals surface area contributed by atoms with E-state index < -0.39 is 0 Å². The lowest BCUT2D eigenvalue weighted by Crippen LogP contribution is -2.23. The first kappa shape index (κ1) is 14.2. The monoisotopic (exact) mass is 286 g/mol. The van der Waals surface area contributed by atoms with Gasteiger partial charge in [-0.25, -0.2) is 0 Å². The summed E-state index contributed by atoms with van der Waals surface area (Å²) in [5.41, 5.74) is 3.69. The first-order chi connectivity index (χ1) is 10.1. The lowest BCUT2D eigenvalue weighted by molar-refractivity contribution is 0.0467. The molecule has 0 aromatic heterocycles. The van der Waals surface area contributed by atoms with Gasteiger partial charge in [0.05, 0.1) is 12.7 Å². The molecule has 0 bridgehead atoms. The Labute approximate surface area is 126 Å². The summed E-state index contributed by atoms with van der Waals surface area (Å²) < 4.78 is 16.8. The summed E-state index contributed by atoms with van der Waals surface area (Å²) in [4.78, 5) is 0. The van der Waals surface area contributed by atoms with Crippen LogP contribution in [0.5, 0.6) is 11.5 Å². The average Bonchev–Trinajstić information content (AvgIpc) is 2.93. The fourth-order valence-corrected chi connectivity index (χ4v) is 2.83. The smallest absolute Gasteiger partial charge is 0.231 e. The van der Waals surface area contributed by atoms with E-state index in [0.717, 1.165) is 29.9 Å². The van der Waals surface area contributed by atoms with Crippen molar-refractivity contribution in [1.29, 1.82) is 0 Å². The molecule has 3 rings (SSSR count). The largest absolute Gasteiger partial charge is 0.454 e. The molecule has 1 aromatic rings. The second-order valence-electron chi connectivity index (χ2n) is 5.95. The van der Waals surface area contributed by atoms with Crippen molar-refractivity contribution in [2.75, 3.05) is 6.79 Å². The molecule has 21 heavy (non-hydrogen) atoms. The second-order valence-corrected chi connectivity index (χ2v) is 5.95. The summed E-state index contributed by atoms with van der Waals surface area (Å²) >= 11 is 0. The molecule has 1 heterocycles. The van der Waals surface area contributed by atoms with Gasteiger partial charge in [0.25, 0.3) is 0 Å². The predicted octanol–water partition coefficient (Wildman–Crippen LogP) is 4.23. The zero-order valence-corrected chi connectivity index (χ0v) is 12.7. The van der Waals surface area contributed by atoms with Crippen LogP contribution in [-0.4, -0.2) is 12.9 Å². The lowest BCUT2D eigenvalue weighted by atomic mass is 9.84. The van der Waals surface area contributed by atoms with E-state index in [2.05, 4.69) is 26.5 Å². The molecule has 1 aliphatic heterocycles. The zero-order valence-electron chi connectivity index (χ0n) is 12.7. The maximum Gasteiger partial charge on any atom is 0.231 e. The summed E-state index contributed by atoms with van der Waals surface area (Å²) in [5, 5.41) is 0. The minimum Gasteiger partial charge on any atom is -0.454 e. The van der Waals surface area contributed by atoms with Crippen LogP contribution in [0.15, 0.2) is 42.0 Å². The van der Waals surface area contributed by atoms with Crippen LogP contribution in [0.3, 0.4) is 0 Å². The SMILES string of the molecule is C=C(C)C1CC=C(C)C(OCc2ccc3c(c2)OCO3)C1. The Bertz CT molecular complexity index is 574. The number of fused-ring (bicyclic) bond motifs is 1. The molecular formula is C18H22O3. The molecule has 0 N–H and O–H groups in total. The summed E-state index contributed by atoms with van der Waals surface area (Å²) in [6.07, 6.45) is 4.59. The Morgan fingerprint density at radius 3 is 2.95 bits per heavy atom. The maximum atomic E-state index is 6.12. The van der Waals surface area contributed by atoms with E-state index >= 15 is 0 Å². The standard InChI is InChI=1S/C18H22O3/c1-12(2)15-6-4-13(3)17(9-15)19-10-14-5-7-16-18(8-14)21-11-20-16/h4-5,7-8,15,17H,1,6,9-11H2,2-3H3. The molecule has 0 amide bonds. The van der Waals surface area contributed by atoms with E-state index in [1.165, 1.54) is 11.1 Å². The molecule has 3 heteroatoms. The third-order valence-electron chi connectivity index (χ3n) is 4.32. The molecular weight excluding hydrogens is 264 g/mol. The van der Waals surface area contributed by atoms with Crippen molar-refractivity contribution in [3.63, 3.8) is 0 Å². The third-order valence-corrected chi connectivity index (χ3v) is 4.32. The van der Waals surface area contributed by atoms with Crippen LogP contribution in [0.1, 0.15) is 32.3 Å². The van der Waals surface area contributed by atoms with Gasteiger partial charge in [-0.15, -0.1) is 0 Å². The van der Waals surface area contributed by atoms with Gasteiger partial charge in [-0.3, -0.25) is 0 Å². The second kappa shape index (κ2) is 5.94. The number of ether oxygens (including phenoxy) is 3. The Hall–Kier alpha value is -1.74. The first-order valence-corrected chi connectivity index (χ1v) is 7.45. The molecule has 1 aromatic carbocycles. The Morgan fingerprint density at radius 2 is 2.14 bits per heavy atom. The van der Waals surface area contributed by atoms with E-state index in [1.807, 2.05) is 18.2 Å². The summed E-state index contributed by atoms with van der Waals surface area (Å²) in [6.45, 7) is 9.24. The summed E-state index contributed by atoms with van der Waals surface area (Å²) in [5.74, 6) is 2.16. The van der Waals surface area contributed by atoms with Crippen molar-refractivity contribution >= 4 is 0 Å². The van der Waals surface area contributed by atoms with Gasteiger partial charge in [0, 0.05) is 0 Å². The molecule has 0 fully saturated rings. The van der Waals surface area contributed by atoms with E-state index in [1.54, 1.807) is 0 Å². The maximum absolute atomic E-state index is 6.12. The van der Waals surface area contributed by atoms with Crippen molar-refractivity contribution in [2.45, 2.75) is 39.4 Å². The predicted molar refractivity (Wildman–Crippen MR) is 82.4 cm³/mol. The van der Waals surface area contributed by atoms with Crippen molar-refractivity contribution < 1.29 is 14.2 Å². The van der Waals surface area contributed by atoms with Crippen molar-refractivity contribution in [3.05, 3.63) is 47.6 Å². The van der Waals surface area contributed by atoms with Gasteiger partial charge in [0.15, 0.2) is 11.5 Å². The molecule has 2 unspecified atom stereocenters. The Kier molecular flexibility index (Phi) is 4.02. The topological polar surface area (TPSA) is 27.7 Å². The molecule has 0 saturated heterocycles. The van der Waals surface area contributed by atoms with Crippen LogP contribution in [0.25, 0.3) is 0 Å². The quantitative estimate of drug-likeness (QED) is 0.775. The molecule has 2 aliphatic rings. The minimum atomic E-state index is 0.186. The normalized spacial score (nSPS) is 23.8. The number of rotatable bonds is 4. The van der Waals surface area contributed by atoms with Gasteiger partial charge < -0.3 is 14.2 Å². The van der Waals surface area contributed by atoms with Crippen LogP contribution in [0.2, 0.25) is 0 Å². The van der Waals surface area contributed by atoms with Crippen LogP contribution < -0.4 is 9.47 Å². The summed E-state index contributed by atoms with van der Waals surface area (Å²) in [7, 11) is 0. The fourth-order valence-electron chi connectivity index (χ4n) is 2.83. The summed E-state index contributed by atoms with van der Waals surface area (Å²) in [6, 6.07) is 5.98. The van der Waals surface area contributed by atoms with E-state index in [0.29, 0.717) is 19.3 Å². The van der Waals surface area contributed by atoms with Gasteiger partial charge in [0.1, 0.15) is 0 Å². The van der Waals surface area contributed by atoms with Crippen LogP contribution in [0.4, 0.5) is 0 Å². The van der Waals surface area contributed by atoms with Gasteiger partial charge in [-0.1, -0.05) is 24.3 Å². The van der Waals surface area contributed by atoms with Gasteiger partial charge in [0.2, 0.25) is 6.79 Å². The molecule has 0 spiro atoms. The highest BCUT2D eigenvalue weighted by atomic mass is 16.7. The van der Waals surface area contributed by atoms with E-state index in [-0.39, 0.29) is 6.10 Å². The highest BCUT2D eigenvalue weighted by Crippen LogP contribution is 2.34. The number of hydrogen-bond donors (Lipinski definition) is 0. The van der Waals surface area contributed by atoms with Crippen molar-refractivity contribution in [3.8, 4) is 11.5 Å². The Balaban J connectivity index is 1.63. The minimum absolute atomic E-state index is 0.186. The molecule has 1 aliphatic carbocycles. The van der Waals surface area contributed by atoms with Crippen LogP contribution in [-0.2, 0) is 11.3 Å². The highest BCUT2D eigenvalue weighted by molar-refractivity contribution is 5.44. The first-order valence-electron chi connectivity index (χ1n) is 7.45. The average molecular weight is 286 g/mol. The fraction of sp³-hybridized carbons (Fsp3) is 0.444. The highest BCUT2D eigenvalue weighted by Gasteiger charge is 2.23. The number of allylic oxidation sites excluding steroid dienone is 2. The number of hydrogen-bond acceptors (Lipinski definition) is 3. The molecule has 112 valence electrons. The van der Waals surface area contributed by atoms with E-state index in [4.69, 9.17) is 14.2 Å². The van der Waals surface area contributed by atoms with Crippen molar-refractivity contribution in [2.24, 2.45) is 5.92 Å². The van der Waals surface area contributed by atoms with Gasteiger partial charge >= 0.3 is 0 Å². The molecule has 3 nitrogen and oxygen atoms in total. The Morgan fingerprint density at radius 1 is 1.33 bits per heavy atom. The lowest BCUT2D eigenvalue weighted by Gasteiger charge is -2.29. The number of benzene rings is 1. The van der Waals surface area contributed by atoms with E-state index in [9.17, 15) is 0 Å². The molecule has 0 saturated carbocycles. The van der Waals surface area contributed by atoms with Crippen molar-refractivity contribution in [1.82, 2.24) is 0 Å².